The van der Waals surface area contributed by atoms with Crippen LogP contribution in [0.1, 0.15) is 26.3 Å². The quantitative estimate of drug-likeness (QED) is 0.819. The van der Waals surface area contributed by atoms with Gasteiger partial charge in [0, 0.05) is 12.6 Å². The molecule has 0 amide bonds. The van der Waals surface area contributed by atoms with Gasteiger partial charge >= 0.3 is 12.1 Å². The smallest absolute Gasteiger partial charge is 0.435 e. The summed E-state index contributed by atoms with van der Waals surface area (Å²) in [6.45, 7) is 5.24. The molecule has 0 aromatic carbocycles. The predicted molar refractivity (Wildman–Crippen MR) is 63.2 cm³/mol. The number of ether oxygens (including phenoxy) is 1. The number of carbonyl (C=O) groups excluding carboxylic acids is 1. The van der Waals surface area contributed by atoms with Crippen LogP contribution in [0.3, 0.4) is 0 Å². The lowest BCUT2D eigenvalue weighted by Crippen LogP contribution is -2.32. The largest absolute Gasteiger partial charge is 0.480 e. The Labute approximate surface area is 105 Å². The number of nitrogens with two attached hydrogens (primary N) is 1. The lowest BCUT2D eigenvalue weighted by Gasteiger charge is -2.18. The van der Waals surface area contributed by atoms with Crippen LogP contribution in [0.15, 0.2) is 12.4 Å². The highest BCUT2D eigenvalue weighted by atomic mass is 16.6. The van der Waals surface area contributed by atoms with E-state index in [0.717, 1.165) is 4.68 Å². The molecule has 3 N–H and O–H groups in total. The van der Waals surface area contributed by atoms with E-state index in [1.54, 1.807) is 20.8 Å². The molecule has 1 aromatic heterocycles. The second-order valence-corrected chi connectivity index (χ2v) is 4.92. The summed E-state index contributed by atoms with van der Waals surface area (Å²) in [5.41, 5.74) is 5.34. The van der Waals surface area contributed by atoms with E-state index in [9.17, 15) is 9.59 Å². The van der Waals surface area contributed by atoms with Crippen LogP contribution in [0.5, 0.6) is 0 Å². The van der Waals surface area contributed by atoms with E-state index in [2.05, 4.69) is 5.10 Å². The first-order valence-electron chi connectivity index (χ1n) is 5.44. The Morgan fingerprint density at radius 3 is 2.67 bits per heavy atom. The fourth-order valence-corrected chi connectivity index (χ4v) is 1.22. The molecule has 0 spiro atoms. The Balaban J connectivity index is 2.69. The summed E-state index contributed by atoms with van der Waals surface area (Å²) in [4.78, 5) is 22.2. The molecule has 1 rings (SSSR count). The maximum absolute atomic E-state index is 11.6. The maximum Gasteiger partial charge on any atom is 0.435 e. The normalized spacial score (nSPS) is 13.1. The van der Waals surface area contributed by atoms with Crippen LogP contribution in [0.25, 0.3) is 0 Å². The molecule has 0 aliphatic carbocycles. The van der Waals surface area contributed by atoms with Crippen molar-refractivity contribution in [2.24, 2.45) is 5.73 Å². The van der Waals surface area contributed by atoms with Crippen molar-refractivity contribution in [3.8, 4) is 0 Å². The van der Waals surface area contributed by atoms with Crippen LogP contribution in [0, 0.1) is 0 Å². The van der Waals surface area contributed by atoms with Gasteiger partial charge in [0.1, 0.15) is 11.6 Å². The third-order valence-electron chi connectivity index (χ3n) is 1.99. The van der Waals surface area contributed by atoms with Crippen LogP contribution in [0.2, 0.25) is 0 Å². The predicted octanol–water partition coefficient (Wildman–Crippen LogP) is 0.621. The molecule has 0 radical (unpaired) electrons. The molecule has 18 heavy (non-hydrogen) atoms. The molecule has 7 nitrogen and oxygen atoms in total. The molecule has 1 atom stereocenters. The molecule has 0 saturated carbocycles. The van der Waals surface area contributed by atoms with E-state index < -0.39 is 23.7 Å². The summed E-state index contributed by atoms with van der Waals surface area (Å²) in [7, 11) is 0. The van der Waals surface area contributed by atoms with Gasteiger partial charge in [-0.3, -0.25) is 4.79 Å². The number of carbonyl (C=O) groups is 2. The molecular weight excluding hydrogens is 238 g/mol. The number of aliphatic carboxylic acids is 1. The van der Waals surface area contributed by atoms with E-state index in [0.29, 0.717) is 5.56 Å². The van der Waals surface area contributed by atoms with E-state index >= 15 is 0 Å². The Bertz CT molecular complexity index is 447. The topological polar surface area (TPSA) is 107 Å². The van der Waals surface area contributed by atoms with Gasteiger partial charge in [0.25, 0.3) is 0 Å². The first kappa shape index (κ1) is 14.2. The van der Waals surface area contributed by atoms with Crippen LogP contribution >= 0.6 is 0 Å². The number of aromatic nitrogens is 2. The molecule has 0 unspecified atom stereocenters. The Hall–Kier alpha value is -1.89. The Kier molecular flexibility index (Phi) is 4.07. The first-order valence-corrected chi connectivity index (χ1v) is 5.44. The van der Waals surface area contributed by atoms with Crippen LogP contribution < -0.4 is 5.73 Å². The third kappa shape index (κ3) is 4.17. The minimum absolute atomic E-state index is 0.109. The number of rotatable bonds is 3. The SMILES string of the molecule is CC(C)(C)OC(=O)n1cc(C[C@@H](N)C(=O)O)cn1. The number of hydrogen-bond acceptors (Lipinski definition) is 5. The van der Waals surface area contributed by atoms with E-state index in [1.165, 1.54) is 12.4 Å². The molecular formula is C11H17N3O4. The monoisotopic (exact) mass is 255 g/mol. The Morgan fingerprint density at radius 2 is 2.17 bits per heavy atom. The zero-order valence-corrected chi connectivity index (χ0v) is 10.6. The maximum atomic E-state index is 11.6. The molecule has 0 fully saturated rings. The summed E-state index contributed by atoms with van der Waals surface area (Å²) < 4.78 is 6.13. The lowest BCUT2D eigenvalue weighted by molar-refractivity contribution is -0.138. The molecule has 7 heteroatoms. The lowest BCUT2D eigenvalue weighted by atomic mass is 10.1. The minimum Gasteiger partial charge on any atom is -0.480 e. The van der Waals surface area contributed by atoms with Crippen LogP contribution in [0.4, 0.5) is 4.79 Å². The highest BCUT2D eigenvalue weighted by molar-refractivity contribution is 5.73. The van der Waals surface area contributed by atoms with Crippen molar-refractivity contribution in [1.29, 1.82) is 0 Å². The summed E-state index contributed by atoms with van der Waals surface area (Å²) >= 11 is 0. The molecule has 0 bridgehead atoms. The van der Waals surface area contributed by atoms with Gasteiger partial charge in [-0.15, -0.1) is 0 Å². The fraction of sp³-hybridized carbons (Fsp3) is 0.545. The highest BCUT2D eigenvalue weighted by Gasteiger charge is 2.19. The van der Waals surface area contributed by atoms with E-state index in [-0.39, 0.29) is 6.42 Å². The molecule has 0 aliphatic rings. The van der Waals surface area contributed by atoms with Crippen molar-refractivity contribution in [2.75, 3.05) is 0 Å². The number of carboxylic acid groups (broad SMARTS) is 1. The summed E-state index contributed by atoms with van der Waals surface area (Å²) in [5.74, 6) is -1.10. The average molecular weight is 255 g/mol. The van der Waals surface area contributed by atoms with E-state index in [1.807, 2.05) is 0 Å². The minimum atomic E-state index is -1.10. The molecule has 0 saturated heterocycles. The first-order chi connectivity index (χ1) is 8.19. The van der Waals surface area contributed by atoms with Gasteiger partial charge in [-0.1, -0.05) is 0 Å². The summed E-state index contributed by atoms with van der Waals surface area (Å²) in [6, 6.07) is -1.01. The summed E-state index contributed by atoms with van der Waals surface area (Å²) in [6.07, 6.45) is 2.31. The Morgan fingerprint density at radius 1 is 1.56 bits per heavy atom. The van der Waals surface area contributed by atoms with Crippen molar-refractivity contribution >= 4 is 12.1 Å². The second kappa shape index (κ2) is 5.18. The molecule has 100 valence electrons. The second-order valence-electron chi connectivity index (χ2n) is 4.92. The van der Waals surface area contributed by atoms with Gasteiger partial charge in [-0.25, -0.2) is 4.79 Å². The molecule has 1 heterocycles. The van der Waals surface area contributed by atoms with Gasteiger partial charge in [0.2, 0.25) is 0 Å². The number of hydrogen-bond donors (Lipinski definition) is 2. The van der Waals surface area contributed by atoms with Gasteiger partial charge in [-0.05, 0) is 26.3 Å². The van der Waals surface area contributed by atoms with Gasteiger partial charge < -0.3 is 15.6 Å². The average Bonchev–Trinajstić information content (AvgIpc) is 2.63. The van der Waals surface area contributed by atoms with Crippen molar-refractivity contribution in [3.05, 3.63) is 18.0 Å². The molecule has 1 aromatic rings. The van der Waals surface area contributed by atoms with Crippen LogP contribution in [-0.2, 0) is 16.0 Å². The van der Waals surface area contributed by atoms with Crippen molar-refractivity contribution in [2.45, 2.75) is 38.8 Å². The number of nitrogens with zero attached hydrogens (tertiary/aromatic N) is 2. The third-order valence-corrected chi connectivity index (χ3v) is 1.99. The number of carboxylic acids is 1. The van der Waals surface area contributed by atoms with E-state index in [4.69, 9.17) is 15.6 Å². The zero-order chi connectivity index (χ0) is 13.9. The fourth-order valence-electron chi connectivity index (χ4n) is 1.22. The van der Waals surface area contributed by atoms with Gasteiger partial charge in [0.05, 0.1) is 6.20 Å². The van der Waals surface area contributed by atoms with Crippen molar-refractivity contribution in [1.82, 2.24) is 9.78 Å². The molecule has 0 aliphatic heterocycles. The standard InChI is InChI=1S/C11H17N3O4/c1-11(2,3)18-10(17)14-6-7(5-13-14)4-8(12)9(15)16/h5-6,8H,4,12H2,1-3H3,(H,15,16)/t8-/m1/s1. The van der Waals surface area contributed by atoms with Crippen LogP contribution in [-0.4, -0.2) is 38.6 Å². The highest BCUT2D eigenvalue weighted by Crippen LogP contribution is 2.09. The van der Waals surface area contributed by atoms with Crippen molar-refractivity contribution < 1.29 is 19.4 Å². The van der Waals surface area contributed by atoms with Crippen molar-refractivity contribution in [3.63, 3.8) is 0 Å². The van der Waals surface area contributed by atoms with Gasteiger partial charge in [-0.2, -0.15) is 9.78 Å². The van der Waals surface area contributed by atoms with Gasteiger partial charge in [0.15, 0.2) is 0 Å². The summed E-state index contributed by atoms with van der Waals surface area (Å²) in [5, 5.41) is 12.5. The zero-order valence-electron chi connectivity index (χ0n) is 10.6.